The number of ether oxygens (including phenoxy) is 1. The summed E-state index contributed by atoms with van der Waals surface area (Å²) in [4.78, 5) is 44.4. The van der Waals surface area contributed by atoms with Gasteiger partial charge in [-0.2, -0.15) is 0 Å². The topological polar surface area (TPSA) is 97.7 Å². The van der Waals surface area contributed by atoms with E-state index in [1.54, 1.807) is 0 Å². The van der Waals surface area contributed by atoms with Crippen molar-refractivity contribution in [3.63, 3.8) is 0 Å². The molecule has 0 aromatic heterocycles. The van der Waals surface area contributed by atoms with E-state index in [9.17, 15) is 19.2 Å². The van der Waals surface area contributed by atoms with Crippen molar-refractivity contribution >= 4 is 24.2 Å². The van der Waals surface area contributed by atoms with E-state index in [1.807, 2.05) is 0 Å². The van der Waals surface area contributed by atoms with Gasteiger partial charge in [-0.25, -0.2) is 0 Å². The molecule has 1 N–H and O–H groups in total. The van der Waals surface area contributed by atoms with Crippen LogP contribution in [0.1, 0.15) is 51.4 Å². The molecule has 1 unspecified atom stereocenters. The van der Waals surface area contributed by atoms with Crippen molar-refractivity contribution in [3.8, 4) is 0 Å². The Bertz CT molecular complexity index is 421. The highest BCUT2D eigenvalue weighted by atomic mass is 16.6. The summed E-state index contributed by atoms with van der Waals surface area (Å²) in [7, 11) is 0. The van der Waals surface area contributed by atoms with E-state index >= 15 is 0 Å². The van der Waals surface area contributed by atoms with E-state index in [0.717, 1.165) is 32.0 Å². The number of hydrogen-bond donors (Lipinski definition) is 1. The smallest absolute Gasteiger partial charge is 0.313 e. The maximum atomic E-state index is 11.4. The average Bonchev–Trinajstić information content (AvgIpc) is 2.45. The zero-order valence-electron chi connectivity index (χ0n) is 12.5. The molecular weight excluding hydrogens is 288 g/mol. The lowest BCUT2D eigenvalue weighted by atomic mass is 9.69. The number of carbonyl (C=O) groups excluding carboxylic acids is 3. The summed E-state index contributed by atoms with van der Waals surface area (Å²) in [6, 6.07) is 0. The Labute approximate surface area is 129 Å². The van der Waals surface area contributed by atoms with E-state index in [1.165, 1.54) is 0 Å². The highest BCUT2D eigenvalue weighted by Crippen LogP contribution is 2.41. The molecule has 2 fully saturated rings. The first kappa shape index (κ1) is 16.6. The van der Waals surface area contributed by atoms with Crippen LogP contribution in [0.15, 0.2) is 0 Å². The zero-order valence-corrected chi connectivity index (χ0v) is 12.5. The summed E-state index contributed by atoms with van der Waals surface area (Å²) < 4.78 is 4.56. The Morgan fingerprint density at radius 1 is 1.14 bits per heavy atom. The van der Waals surface area contributed by atoms with Crippen LogP contribution < -0.4 is 0 Å². The Balaban J connectivity index is 1.88. The molecule has 1 atom stereocenters. The Kier molecular flexibility index (Phi) is 5.69. The van der Waals surface area contributed by atoms with E-state index in [2.05, 4.69) is 4.74 Å². The molecular formula is C16H22O6. The van der Waals surface area contributed by atoms with Crippen molar-refractivity contribution in [2.45, 2.75) is 51.4 Å². The minimum Gasteiger partial charge on any atom is -0.481 e. The van der Waals surface area contributed by atoms with Gasteiger partial charge >= 0.3 is 17.9 Å². The van der Waals surface area contributed by atoms with Crippen molar-refractivity contribution in [2.24, 2.45) is 23.7 Å². The number of esters is 2. The first-order valence-corrected chi connectivity index (χ1v) is 7.88. The molecule has 1 aliphatic carbocycles. The maximum Gasteiger partial charge on any atom is 0.313 e. The molecule has 0 aromatic carbocycles. The fourth-order valence-electron chi connectivity index (χ4n) is 3.92. The van der Waals surface area contributed by atoms with Crippen LogP contribution in [0.3, 0.4) is 0 Å². The number of hydrogen-bond acceptors (Lipinski definition) is 5. The molecule has 1 saturated carbocycles. The molecule has 2 aliphatic rings. The van der Waals surface area contributed by atoms with Gasteiger partial charge in [0, 0.05) is 25.7 Å². The molecule has 22 heavy (non-hydrogen) atoms. The van der Waals surface area contributed by atoms with Crippen LogP contribution in [0.5, 0.6) is 0 Å². The standard InChI is InChI=1S/C16H22O6/c17-6-5-12(7-14(18)19)10-1-3-11(4-2-10)13-8-15(20)22-16(21)9-13/h6,10-13H,1-5,7-9H2,(H,18,19). The third kappa shape index (κ3) is 4.39. The normalized spacial score (nSPS) is 28.0. The van der Waals surface area contributed by atoms with Crippen LogP contribution in [-0.2, 0) is 23.9 Å². The second kappa shape index (κ2) is 7.51. The van der Waals surface area contributed by atoms with Crippen molar-refractivity contribution in [1.29, 1.82) is 0 Å². The zero-order chi connectivity index (χ0) is 16.1. The molecule has 0 amide bonds. The highest BCUT2D eigenvalue weighted by molar-refractivity contribution is 5.88. The number of carboxylic acids is 1. The van der Waals surface area contributed by atoms with Gasteiger partial charge in [-0.1, -0.05) is 0 Å². The van der Waals surface area contributed by atoms with E-state index in [0.29, 0.717) is 18.8 Å². The minimum absolute atomic E-state index is 0.0301. The van der Waals surface area contributed by atoms with Crippen molar-refractivity contribution < 1.29 is 29.0 Å². The number of aliphatic carboxylic acids is 1. The first-order chi connectivity index (χ1) is 10.5. The predicted molar refractivity (Wildman–Crippen MR) is 75.7 cm³/mol. The third-order valence-electron chi connectivity index (χ3n) is 5.07. The van der Waals surface area contributed by atoms with Crippen molar-refractivity contribution in [2.75, 3.05) is 0 Å². The van der Waals surface area contributed by atoms with Crippen LogP contribution in [0, 0.1) is 23.7 Å². The summed E-state index contributed by atoms with van der Waals surface area (Å²) in [5, 5.41) is 8.95. The lowest BCUT2D eigenvalue weighted by Crippen LogP contribution is -2.33. The summed E-state index contributed by atoms with van der Waals surface area (Å²) in [5.74, 6) is -1.23. The molecule has 6 nitrogen and oxygen atoms in total. The van der Waals surface area contributed by atoms with Crippen molar-refractivity contribution in [1.82, 2.24) is 0 Å². The van der Waals surface area contributed by atoms with Gasteiger partial charge in [0.05, 0.1) is 0 Å². The number of aldehydes is 1. The van der Waals surface area contributed by atoms with E-state index < -0.39 is 17.9 Å². The largest absolute Gasteiger partial charge is 0.481 e. The van der Waals surface area contributed by atoms with Gasteiger partial charge in [0.1, 0.15) is 6.29 Å². The number of carboxylic acid groups (broad SMARTS) is 1. The van der Waals surface area contributed by atoms with E-state index in [4.69, 9.17) is 5.11 Å². The summed E-state index contributed by atoms with van der Waals surface area (Å²) in [6.45, 7) is 0. The Morgan fingerprint density at radius 3 is 2.23 bits per heavy atom. The molecule has 1 saturated heterocycles. The number of carbonyl (C=O) groups is 4. The average molecular weight is 310 g/mol. The van der Waals surface area contributed by atoms with Gasteiger partial charge in [0.15, 0.2) is 0 Å². The molecule has 2 rings (SSSR count). The minimum atomic E-state index is -0.866. The maximum absolute atomic E-state index is 11.4. The summed E-state index contributed by atoms with van der Waals surface area (Å²) in [6.07, 6.45) is 5.19. The van der Waals surface area contributed by atoms with Crippen LogP contribution in [-0.4, -0.2) is 29.3 Å². The predicted octanol–water partition coefficient (Wildman–Crippen LogP) is 1.95. The highest BCUT2D eigenvalue weighted by Gasteiger charge is 2.36. The van der Waals surface area contributed by atoms with Crippen LogP contribution in [0.2, 0.25) is 0 Å². The molecule has 6 heteroatoms. The van der Waals surface area contributed by atoms with Crippen LogP contribution in [0.25, 0.3) is 0 Å². The van der Waals surface area contributed by atoms with Gasteiger partial charge in [-0.3, -0.25) is 14.4 Å². The van der Waals surface area contributed by atoms with Crippen LogP contribution in [0.4, 0.5) is 0 Å². The SMILES string of the molecule is O=CCC(CC(=O)O)C1CCC(C2CC(=O)OC(=O)C2)CC1. The molecule has 0 spiro atoms. The van der Waals surface area contributed by atoms with Gasteiger partial charge in [0.2, 0.25) is 0 Å². The lowest BCUT2D eigenvalue weighted by molar-refractivity contribution is -0.167. The summed E-state index contributed by atoms with van der Waals surface area (Å²) in [5.41, 5.74) is 0. The Morgan fingerprint density at radius 2 is 1.73 bits per heavy atom. The Hall–Kier alpha value is -1.72. The molecule has 1 aliphatic heterocycles. The second-order valence-corrected chi connectivity index (χ2v) is 6.45. The van der Waals surface area contributed by atoms with Gasteiger partial charge in [-0.05, 0) is 49.4 Å². The molecule has 122 valence electrons. The van der Waals surface area contributed by atoms with Gasteiger partial charge < -0.3 is 14.6 Å². The summed E-state index contributed by atoms with van der Waals surface area (Å²) >= 11 is 0. The molecule has 0 bridgehead atoms. The van der Waals surface area contributed by atoms with Crippen molar-refractivity contribution in [3.05, 3.63) is 0 Å². The monoisotopic (exact) mass is 310 g/mol. The van der Waals surface area contributed by atoms with E-state index in [-0.39, 0.29) is 30.6 Å². The lowest BCUT2D eigenvalue weighted by Gasteiger charge is -2.36. The number of cyclic esters (lactones) is 2. The molecule has 1 heterocycles. The fourth-order valence-corrected chi connectivity index (χ4v) is 3.92. The molecule has 0 aromatic rings. The quantitative estimate of drug-likeness (QED) is 0.457. The fraction of sp³-hybridized carbons (Fsp3) is 0.750. The second-order valence-electron chi connectivity index (χ2n) is 6.45. The van der Waals surface area contributed by atoms with Gasteiger partial charge in [0.25, 0.3) is 0 Å². The number of rotatable bonds is 6. The molecule has 0 radical (unpaired) electrons. The third-order valence-corrected chi connectivity index (χ3v) is 5.07. The van der Waals surface area contributed by atoms with Gasteiger partial charge in [-0.15, -0.1) is 0 Å². The van der Waals surface area contributed by atoms with Crippen LogP contribution >= 0.6 is 0 Å². The first-order valence-electron chi connectivity index (χ1n) is 7.88.